The van der Waals surface area contributed by atoms with Gasteiger partial charge < -0.3 is 20.5 Å². The second kappa shape index (κ2) is 12.6. The van der Waals surface area contributed by atoms with Crippen molar-refractivity contribution in [3.63, 3.8) is 0 Å². The number of ether oxygens (including phenoxy) is 1. The minimum absolute atomic E-state index is 0.0252. The SMILES string of the molecule is CCOC(=O)CNC(=O)NC/C=C/c1ccc([C@H]2C[C@@]3(C)[C@@H](CC[C@@]3(O)C(F)(F)C(F)(F)F)[C@@H]3CCC4=CC(=O)CCC4=C32)cc1. The lowest BCUT2D eigenvalue weighted by molar-refractivity contribution is -0.362. The average Bonchev–Trinajstić information content (AvgIpc) is 3.28. The molecule has 0 heterocycles. The number of urea groups is 1. The molecule has 5 rings (SSSR count). The van der Waals surface area contributed by atoms with Crippen molar-refractivity contribution in [3.05, 3.63) is 64.3 Å². The summed E-state index contributed by atoms with van der Waals surface area (Å²) >= 11 is 0. The quantitative estimate of drug-likeness (QED) is 0.224. The van der Waals surface area contributed by atoms with Gasteiger partial charge in [0.1, 0.15) is 12.1 Å². The molecule has 1 aromatic carbocycles. The van der Waals surface area contributed by atoms with Crippen molar-refractivity contribution in [2.24, 2.45) is 17.3 Å². The topological polar surface area (TPSA) is 105 Å². The van der Waals surface area contributed by atoms with Gasteiger partial charge in [0.2, 0.25) is 0 Å². The number of ketones is 1. The summed E-state index contributed by atoms with van der Waals surface area (Å²) in [6.45, 7) is 3.17. The molecule has 4 aliphatic carbocycles. The first-order valence-corrected chi connectivity index (χ1v) is 15.7. The van der Waals surface area contributed by atoms with Gasteiger partial charge in [-0.15, -0.1) is 0 Å². The van der Waals surface area contributed by atoms with E-state index in [1.165, 1.54) is 6.92 Å². The summed E-state index contributed by atoms with van der Waals surface area (Å²) in [6.07, 6.45) is 0.405. The molecule has 46 heavy (non-hydrogen) atoms. The molecule has 0 bridgehead atoms. The number of esters is 1. The number of allylic oxidation sites excluding steroid dienone is 4. The maximum Gasteiger partial charge on any atom is 0.456 e. The summed E-state index contributed by atoms with van der Waals surface area (Å²) in [5.41, 5.74) is -0.527. The highest BCUT2D eigenvalue weighted by Crippen LogP contribution is 2.70. The molecule has 4 aliphatic rings. The maximum absolute atomic E-state index is 15.2. The predicted octanol–water partition coefficient (Wildman–Crippen LogP) is 6.39. The van der Waals surface area contributed by atoms with Crippen LogP contribution in [0.2, 0.25) is 0 Å². The summed E-state index contributed by atoms with van der Waals surface area (Å²) in [6, 6.07) is 6.70. The third-order valence-corrected chi connectivity index (χ3v) is 10.5. The molecule has 3 N–H and O–H groups in total. The van der Waals surface area contributed by atoms with Gasteiger partial charge in [-0.2, -0.15) is 22.0 Å². The minimum atomic E-state index is -5.90. The van der Waals surface area contributed by atoms with Gasteiger partial charge in [0.15, 0.2) is 5.78 Å². The van der Waals surface area contributed by atoms with Crippen molar-refractivity contribution in [1.82, 2.24) is 10.6 Å². The van der Waals surface area contributed by atoms with E-state index < -0.39 is 53.4 Å². The molecule has 250 valence electrons. The Morgan fingerprint density at radius 2 is 1.78 bits per heavy atom. The maximum atomic E-state index is 15.2. The number of carbonyl (C=O) groups is 3. The normalized spacial score (nSPS) is 29.5. The Balaban J connectivity index is 1.41. The number of alkyl halides is 5. The van der Waals surface area contributed by atoms with E-state index in [-0.39, 0.29) is 44.2 Å². The van der Waals surface area contributed by atoms with Crippen LogP contribution in [0.5, 0.6) is 0 Å². The molecule has 2 saturated carbocycles. The lowest BCUT2D eigenvalue weighted by atomic mass is 9.50. The van der Waals surface area contributed by atoms with Crippen molar-refractivity contribution in [1.29, 1.82) is 0 Å². The largest absolute Gasteiger partial charge is 0.465 e. The molecule has 2 fully saturated rings. The summed E-state index contributed by atoms with van der Waals surface area (Å²) in [5, 5.41) is 16.4. The van der Waals surface area contributed by atoms with E-state index in [0.29, 0.717) is 25.7 Å². The number of nitrogens with one attached hydrogen (secondary N) is 2. The molecule has 0 aliphatic heterocycles. The zero-order valence-electron chi connectivity index (χ0n) is 25.8. The van der Waals surface area contributed by atoms with Gasteiger partial charge in [0, 0.05) is 24.3 Å². The first-order valence-electron chi connectivity index (χ1n) is 15.7. The van der Waals surface area contributed by atoms with E-state index in [0.717, 1.165) is 27.8 Å². The lowest BCUT2D eigenvalue weighted by Gasteiger charge is -2.56. The van der Waals surface area contributed by atoms with Gasteiger partial charge in [0.05, 0.1) is 6.61 Å². The minimum Gasteiger partial charge on any atom is -0.465 e. The fraction of sp³-hybridized carbons (Fsp3) is 0.559. The Labute approximate surface area is 264 Å². The molecule has 0 aromatic heterocycles. The number of amides is 2. The Kier molecular flexibility index (Phi) is 9.24. The van der Waals surface area contributed by atoms with Crippen molar-refractivity contribution < 1.29 is 46.2 Å². The summed E-state index contributed by atoms with van der Waals surface area (Å²) in [5.74, 6) is -7.18. The molecule has 0 saturated heterocycles. The molecule has 0 radical (unpaired) electrons. The van der Waals surface area contributed by atoms with E-state index in [1.807, 2.05) is 12.1 Å². The van der Waals surface area contributed by atoms with Crippen molar-refractivity contribution in [2.75, 3.05) is 19.7 Å². The third-order valence-electron chi connectivity index (χ3n) is 10.5. The number of rotatable bonds is 8. The lowest BCUT2D eigenvalue weighted by Crippen LogP contribution is -2.65. The van der Waals surface area contributed by atoms with Gasteiger partial charge in [0.25, 0.3) is 0 Å². The van der Waals surface area contributed by atoms with Crippen LogP contribution in [0.25, 0.3) is 6.08 Å². The molecule has 1 aromatic rings. The molecular weight excluding hydrogens is 611 g/mol. The van der Waals surface area contributed by atoms with Crippen LogP contribution in [0.15, 0.2) is 53.1 Å². The zero-order chi connectivity index (χ0) is 33.5. The van der Waals surface area contributed by atoms with Crippen LogP contribution in [0.4, 0.5) is 26.7 Å². The second-order valence-electron chi connectivity index (χ2n) is 12.9. The number of halogens is 5. The van der Waals surface area contributed by atoms with E-state index in [2.05, 4.69) is 10.6 Å². The number of fused-ring (bicyclic) bond motifs is 4. The van der Waals surface area contributed by atoms with Crippen LogP contribution in [-0.2, 0) is 14.3 Å². The second-order valence-corrected chi connectivity index (χ2v) is 12.9. The number of aliphatic hydroxyl groups is 1. The third kappa shape index (κ3) is 5.89. The molecule has 12 heteroatoms. The van der Waals surface area contributed by atoms with Crippen molar-refractivity contribution >= 4 is 23.9 Å². The van der Waals surface area contributed by atoms with Crippen LogP contribution >= 0.6 is 0 Å². The number of hydrogen-bond donors (Lipinski definition) is 3. The van der Waals surface area contributed by atoms with Gasteiger partial charge in [-0.1, -0.05) is 48.9 Å². The van der Waals surface area contributed by atoms with Crippen LogP contribution < -0.4 is 10.6 Å². The number of carbonyl (C=O) groups excluding carboxylic acids is 3. The van der Waals surface area contributed by atoms with Gasteiger partial charge in [-0.05, 0) is 85.6 Å². The van der Waals surface area contributed by atoms with Crippen LogP contribution in [-0.4, -0.2) is 60.3 Å². The van der Waals surface area contributed by atoms with Gasteiger partial charge in [-0.3, -0.25) is 9.59 Å². The summed E-state index contributed by atoms with van der Waals surface area (Å²) < 4.78 is 76.4. The van der Waals surface area contributed by atoms with Gasteiger partial charge >= 0.3 is 24.1 Å². The summed E-state index contributed by atoms with van der Waals surface area (Å²) in [4.78, 5) is 35.5. The average molecular weight is 651 g/mol. The van der Waals surface area contributed by atoms with E-state index in [9.17, 15) is 32.7 Å². The van der Waals surface area contributed by atoms with Crippen LogP contribution in [0, 0.1) is 17.3 Å². The fourth-order valence-electron chi connectivity index (χ4n) is 8.33. The Hall–Kier alpha value is -3.54. The predicted molar refractivity (Wildman–Crippen MR) is 160 cm³/mol. The van der Waals surface area contributed by atoms with E-state index in [1.54, 1.807) is 37.3 Å². The summed E-state index contributed by atoms with van der Waals surface area (Å²) in [7, 11) is 0. The highest BCUT2D eigenvalue weighted by Gasteiger charge is 2.79. The smallest absolute Gasteiger partial charge is 0.456 e. The molecule has 0 spiro atoms. The number of benzene rings is 1. The van der Waals surface area contributed by atoms with Crippen LogP contribution in [0.1, 0.15) is 75.8 Å². The molecular formula is C34H39F5N2O5. The molecule has 2 amide bonds. The number of hydrogen-bond acceptors (Lipinski definition) is 5. The molecule has 7 nitrogen and oxygen atoms in total. The standard InChI is InChI=1S/C34H39F5N2O5/c1-3-46-28(43)19-41-30(44)40-16-4-5-20-6-8-21(9-7-20)26-18-31(2)27(14-15-32(31,45)33(35,36)34(37,38)39)25-12-10-22-17-23(42)11-13-24(22)29(25)26/h4-9,17,25-27,45H,3,10-16,18-19H2,1-2H3,(H2,40,41,44)/b5-4+/t25-,26+,27-,31-,32-/m0/s1. The van der Waals surface area contributed by atoms with Crippen LogP contribution in [0.3, 0.4) is 0 Å². The van der Waals surface area contributed by atoms with E-state index >= 15 is 8.78 Å². The molecule has 0 unspecified atom stereocenters. The first kappa shape index (κ1) is 33.8. The van der Waals surface area contributed by atoms with Crippen molar-refractivity contribution in [3.8, 4) is 0 Å². The highest BCUT2D eigenvalue weighted by atomic mass is 19.4. The zero-order valence-corrected chi connectivity index (χ0v) is 25.8. The Morgan fingerprint density at radius 1 is 1.07 bits per heavy atom. The van der Waals surface area contributed by atoms with Gasteiger partial charge in [-0.25, -0.2) is 4.79 Å². The fourth-order valence-corrected chi connectivity index (χ4v) is 8.33. The van der Waals surface area contributed by atoms with Crippen molar-refractivity contribution in [2.45, 2.75) is 82.4 Å². The first-order chi connectivity index (χ1) is 21.6. The molecule has 5 atom stereocenters. The monoisotopic (exact) mass is 650 g/mol. The highest BCUT2D eigenvalue weighted by molar-refractivity contribution is 5.93. The van der Waals surface area contributed by atoms with E-state index in [4.69, 9.17) is 4.74 Å². The Bertz CT molecular complexity index is 1470. The Morgan fingerprint density at radius 3 is 2.46 bits per heavy atom.